The highest BCUT2D eigenvalue weighted by atomic mass is 32.1. The molecule has 3 rings (SSSR count). The standard InChI is InChI=1S/C16H14N4OS/c17-16(22)19-18-14-12-8-4-5-9-13(12)20(15(14)21)10-11-6-2-1-3-7-11/h1-9H,10H2,(H3,17,19,22). The zero-order chi connectivity index (χ0) is 15.5. The Kier molecular flexibility index (Phi) is 3.84. The van der Waals surface area contributed by atoms with Crippen LogP contribution in [0.25, 0.3) is 0 Å². The first-order valence-electron chi connectivity index (χ1n) is 6.75. The number of fused-ring (bicyclic) bond motifs is 1. The van der Waals surface area contributed by atoms with Gasteiger partial charge in [-0.15, -0.1) is 0 Å². The molecule has 22 heavy (non-hydrogen) atoms. The van der Waals surface area contributed by atoms with Crippen LogP contribution in [0.1, 0.15) is 11.1 Å². The van der Waals surface area contributed by atoms with Crippen molar-refractivity contribution in [2.75, 3.05) is 4.90 Å². The number of amides is 1. The first kappa shape index (κ1) is 14.2. The molecule has 1 amide bonds. The molecule has 3 N–H and O–H groups in total. The number of carbonyl (C=O) groups is 1. The predicted octanol–water partition coefficient (Wildman–Crippen LogP) is 1.77. The second-order valence-corrected chi connectivity index (χ2v) is 5.27. The molecular weight excluding hydrogens is 296 g/mol. The van der Waals surface area contributed by atoms with Crippen LogP contribution in [0.4, 0.5) is 5.69 Å². The number of benzene rings is 2. The van der Waals surface area contributed by atoms with Crippen molar-refractivity contribution >= 4 is 34.6 Å². The number of hydrogen-bond acceptors (Lipinski definition) is 3. The summed E-state index contributed by atoms with van der Waals surface area (Å²) >= 11 is 4.74. The van der Waals surface area contributed by atoms with E-state index in [2.05, 4.69) is 10.5 Å². The summed E-state index contributed by atoms with van der Waals surface area (Å²) in [4.78, 5) is 14.3. The van der Waals surface area contributed by atoms with Crippen LogP contribution >= 0.6 is 12.2 Å². The van der Waals surface area contributed by atoms with Gasteiger partial charge >= 0.3 is 0 Å². The minimum atomic E-state index is -0.172. The maximum Gasteiger partial charge on any atom is 0.279 e. The van der Waals surface area contributed by atoms with Crippen molar-refractivity contribution in [2.24, 2.45) is 10.8 Å². The maximum absolute atomic E-state index is 12.7. The fraction of sp³-hybridized carbons (Fsp3) is 0.0625. The molecule has 1 aliphatic rings. The Morgan fingerprint density at radius 3 is 2.55 bits per heavy atom. The summed E-state index contributed by atoms with van der Waals surface area (Å²) in [5, 5.41) is 4.07. The van der Waals surface area contributed by atoms with Crippen molar-refractivity contribution in [3.05, 3.63) is 65.7 Å². The van der Waals surface area contributed by atoms with E-state index in [4.69, 9.17) is 18.0 Å². The van der Waals surface area contributed by atoms with E-state index in [0.717, 1.165) is 16.8 Å². The average molecular weight is 310 g/mol. The van der Waals surface area contributed by atoms with Gasteiger partial charge in [-0.1, -0.05) is 48.5 Å². The summed E-state index contributed by atoms with van der Waals surface area (Å²) in [7, 11) is 0. The average Bonchev–Trinajstić information content (AvgIpc) is 2.79. The lowest BCUT2D eigenvalue weighted by Gasteiger charge is -2.16. The normalized spacial score (nSPS) is 15.0. The lowest BCUT2D eigenvalue weighted by Crippen LogP contribution is -2.32. The van der Waals surface area contributed by atoms with Crippen LogP contribution in [0, 0.1) is 0 Å². The van der Waals surface area contributed by atoms with Crippen LogP contribution in [0.2, 0.25) is 0 Å². The molecule has 0 spiro atoms. The largest absolute Gasteiger partial charge is 0.375 e. The molecule has 2 aromatic rings. The number of rotatable bonds is 3. The van der Waals surface area contributed by atoms with Crippen LogP contribution in [0.5, 0.6) is 0 Å². The Labute approximate surface area is 133 Å². The molecule has 0 fully saturated rings. The number of anilines is 1. The van der Waals surface area contributed by atoms with Gasteiger partial charge in [0.2, 0.25) is 0 Å². The Bertz CT molecular complexity index is 758. The predicted molar refractivity (Wildman–Crippen MR) is 90.5 cm³/mol. The third-order valence-electron chi connectivity index (χ3n) is 3.36. The van der Waals surface area contributed by atoms with Crippen LogP contribution in [-0.4, -0.2) is 16.7 Å². The maximum atomic E-state index is 12.7. The molecule has 0 bridgehead atoms. The number of nitrogens with one attached hydrogen (secondary N) is 1. The molecule has 1 heterocycles. The number of thiocarbonyl (C=S) groups is 1. The van der Waals surface area contributed by atoms with Gasteiger partial charge in [-0.05, 0) is 23.8 Å². The fourth-order valence-corrected chi connectivity index (χ4v) is 2.45. The first-order valence-corrected chi connectivity index (χ1v) is 7.16. The van der Waals surface area contributed by atoms with E-state index in [-0.39, 0.29) is 11.0 Å². The number of carbonyl (C=O) groups excluding carboxylic acids is 1. The molecule has 110 valence electrons. The number of hydrogen-bond donors (Lipinski definition) is 2. The van der Waals surface area contributed by atoms with E-state index in [1.807, 2.05) is 54.6 Å². The second kappa shape index (κ2) is 5.95. The van der Waals surface area contributed by atoms with Gasteiger partial charge in [0.15, 0.2) is 10.8 Å². The number of nitrogens with zero attached hydrogens (tertiary/aromatic N) is 2. The monoisotopic (exact) mass is 310 g/mol. The van der Waals surface area contributed by atoms with Crippen molar-refractivity contribution in [3.8, 4) is 0 Å². The lowest BCUT2D eigenvalue weighted by molar-refractivity contribution is -0.112. The Balaban J connectivity index is 1.97. The first-order chi connectivity index (χ1) is 10.7. The summed E-state index contributed by atoms with van der Waals surface area (Å²) in [6.07, 6.45) is 0. The topological polar surface area (TPSA) is 70.7 Å². The van der Waals surface area contributed by atoms with Crippen molar-refractivity contribution in [1.29, 1.82) is 0 Å². The second-order valence-electron chi connectivity index (χ2n) is 4.83. The quantitative estimate of drug-likeness (QED) is 0.669. The highest BCUT2D eigenvalue weighted by Gasteiger charge is 2.33. The third-order valence-corrected chi connectivity index (χ3v) is 3.45. The Morgan fingerprint density at radius 1 is 1.14 bits per heavy atom. The van der Waals surface area contributed by atoms with Gasteiger partial charge in [0, 0.05) is 5.56 Å². The van der Waals surface area contributed by atoms with Gasteiger partial charge in [0.05, 0.1) is 12.2 Å². The summed E-state index contributed by atoms with van der Waals surface area (Å²) in [5.74, 6) is -0.172. The molecule has 0 unspecified atom stereocenters. The van der Waals surface area contributed by atoms with E-state index >= 15 is 0 Å². The molecule has 0 saturated heterocycles. The van der Waals surface area contributed by atoms with Gasteiger partial charge < -0.3 is 10.6 Å². The third kappa shape index (κ3) is 2.68. The van der Waals surface area contributed by atoms with Crippen LogP contribution < -0.4 is 16.1 Å². The molecule has 0 aliphatic carbocycles. The van der Waals surface area contributed by atoms with Crippen LogP contribution in [0.15, 0.2) is 59.7 Å². The van der Waals surface area contributed by atoms with E-state index in [0.29, 0.717) is 12.3 Å². The highest BCUT2D eigenvalue weighted by Crippen LogP contribution is 2.30. The molecular formula is C16H14N4OS. The van der Waals surface area contributed by atoms with Gasteiger partial charge in [-0.2, -0.15) is 5.10 Å². The van der Waals surface area contributed by atoms with Gasteiger partial charge in [-0.25, -0.2) is 0 Å². The summed E-state index contributed by atoms with van der Waals surface area (Å²) in [6, 6.07) is 17.3. The minimum absolute atomic E-state index is 0.0271. The Morgan fingerprint density at radius 2 is 1.82 bits per heavy atom. The minimum Gasteiger partial charge on any atom is -0.375 e. The van der Waals surface area contributed by atoms with E-state index < -0.39 is 0 Å². The molecule has 0 aromatic heterocycles. The highest BCUT2D eigenvalue weighted by molar-refractivity contribution is 7.80. The lowest BCUT2D eigenvalue weighted by atomic mass is 10.1. The van der Waals surface area contributed by atoms with E-state index in [9.17, 15) is 4.79 Å². The number of para-hydroxylation sites is 1. The van der Waals surface area contributed by atoms with E-state index in [1.54, 1.807) is 4.90 Å². The molecule has 6 heteroatoms. The zero-order valence-electron chi connectivity index (χ0n) is 11.7. The molecule has 0 radical (unpaired) electrons. The summed E-state index contributed by atoms with van der Waals surface area (Å²) < 4.78 is 0. The van der Waals surface area contributed by atoms with E-state index in [1.165, 1.54) is 0 Å². The van der Waals surface area contributed by atoms with Gasteiger partial charge in [0.1, 0.15) is 0 Å². The molecule has 5 nitrogen and oxygen atoms in total. The molecule has 1 aliphatic heterocycles. The van der Waals surface area contributed by atoms with Crippen molar-refractivity contribution in [1.82, 2.24) is 5.43 Å². The van der Waals surface area contributed by atoms with Gasteiger partial charge in [-0.3, -0.25) is 10.2 Å². The summed E-state index contributed by atoms with van der Waals surface area (Å²) in [5.41, 5.74) is 10.8. The van der Waals surface area contributed by atoms with Crippen LogP contribution in [0.3, 0.4) is 0 Å². The number of hydrazone groups is 1. The molecule has 0 atom stereocenters. The van der Waals surface area contributed by atoms with Gasteiger partial charge in [0.25, 0.3) is 5.91 Å². The fourth-order valence-electron chi connectivity index (χ4n) is 2.40. The molecule has 2 aromatic carbocycles. The summed E-state index contributed by atoms with van der Waals surface area (Å²) in [6.45, 7) is 0.489. The zero-order valence-corrected chi connectivity index (χ0v) is 12.5. The number of nitrogens with two attached hydrogens (primary N) is 1. The van der Waals surface area contributed by atoms with Crippen molar-refractivity contribution in [3.63, 3.8) is 0 Å². The smallest absolute Gasteiger partial charge is 0.279 e. The van der Waals surface area contributed by atoms with Crippen molar-refractivity contribution < 1.29 is 4.79 Å². The Hall–Kier alpha value is -2.73. The van der Waals surface area contributed by atoms with Crippen LogP contribution in [-0.2, 0) is 11.3 Å². The SMILES string of the molecule is NC(=S)NN=C1C(=O)N(Cc2ccccc2)c2ccccc21. The molecule has 0 saturated carbocycles. The van der Waals surface area contributed by atoms with Crippen molar-refractivity contribution in [2.45, 2.75) is 6.54 Å².